The highest BCUT2D eigenvalue weighted by atomic mass is 31.2. The molecule has 0 aliphatic carbocycles. The van der Waals surface area contributed by atoms with Crippen molar-refractivity contribution in [1.82, 2.24) is 0 Å². The van der Waals surface area contributed by atoms with Crippen LogP contribution in [-0.4, -0.2) is 29.3 Å². The minimum atomic E-state index is -3.40. The van der Waals surface area contributed by atoms with Gasteiger partial charge >= 0.3 is 7.82 Å². The monoisotopic (exact) mass is 378 g/mol. The molecular formula is C19H27O4PSi. The van der Waals surface area contributed by atoms with Crippen LogP contribution in [0, 0.1) is 0 Å². The molecule has 25 heavy (non-hydrogen) atoms. The molecule has 2 aromatic rings. The van der Waals surface area contributed by atoms with Crippen LogP contribution in [0.5, 0.6) is 0 Å². The van der Waals surface area contributed by atoms with Crippen LogP contribution >= 0.6 is 7.82 Å². The quantitative estimate of drug-likeness (QED) is 0.327. The second-order valence-electron chi connectivity index (χ2n) is 5.63. The van der Waals surface area contributed by atoms with Crippen LogP contribution in [0.2, 0.25) is 6.04 Å². The molecule has 0 fully saturated rings. The lowest BCUT2D eigenvalue weighted by Crippen LogP contribution is -2.12. The molecule has 0 radical (unpaired) electrons. The maximum Gasteiger partial charge on any atom is 0.474 e. The minimum Gasteiger partial charge on any atom is -0.287 e. The van der Waals surface area contributed by atoms with Gasteiger partial charge in [0.25, 0.3) is 0 Å². The van der Waals surface area contributed by atoms with Crippen molar-refractivity contribution in [3.8, 4) is 0 Å². The summed E-state index contributed by atoms with van der Waals surface area (Å²) in [4.78, 5) is 0. The van der Waals surface area contributed by atoms with E-state index in [0.29, 0.717) is 25.4 Å². The molecule has 2 aromatic carbocycles. The van der Waals surface area contributed by atoms with Gasteiger partial charge in [0.05, 0.1) is 19.8 Å². The highest BCUT2D eigenvalue weighted by Crippen LogP contribution is 2.49. The Balaban J connectivity index is 1.98. The van der Waals surface area contributed by atoms with Crippen LogP contribution in [0.3, 0.4) is 0 Å². The van der Waals surface area contributed by atoms with Crippen molar-refractivity contribution in [3.05, 3.63) is 71.8 Å². The van der Waals surface area contributed by atoms with Crippen LogP contribution in [0.25, 0.3) is 0 Å². The Morgan fingerprint density at radius 2 is 1.32 bits per heavy atom. The second-order valence-corrected chi connectivity index (χ2v) is 9.40. The zero-order valence-electron chi connectivity index (χ0n) is 15.0. The van der Waals surface area contributed by atoms with Crippen molar-refractivity contribution >= 4 is 17.3 Å². The third-order valence-electron chi connectivity index (χ3n) is 3.86. The van der Waals surface area contributed by atoms with Gasteiger partial charge in [-0.1, -0.05) is 60.7 Å². The average molecular weight is 378 g/mol. The molecule has 0 atom stereocenters. The number of benzene rings is 2. The first kappa shape index (κ1) is 20.1. The molecule has 0 spiro atoms. The van der Waals surface area contributed by atoms with Crippen molar-refractivity contribution in [1.29, 1.82) is 0 Å². The van der Waals surface area contributed by atoms with Crippen LogP contribution in [-0.2, 0) is 18.1 Å². The average Bonchev–Trinajstić information content (AvgIpc) is 2.63. The summed E-state index contributed by atoms with van der Waals surface area (Å²) in [6.45, 7) is 4.59. The zero-order chi connectivity index (χ0) is 18.0. The van der Waals surface area contributed by atoms with E-state index in [1.165, 1.54) is 11.1 Å². The lowest BCUT2D eigenvalue weighted by Gasteiger charge is -2.19. The van der Waals surface area contributed by atoms with Crippen LogP contribution < -0.4 is 0 Å². The fraction of sp³-hybridized carbons (Fsp3) is 0.368. The molecule has 2 rings (SSSR count). The molecule has 0 saturated heterocycles. The summed E-state index contributed by atoms with van der Waals surface area (Å²) in [5.41, 5.74) is 3.08. The number of hydrogen-bond acceptors (Lipinski definition) is 4. The van der Waals surface area contributed by atoms with E-state index in [2.05, 4.69) is 48.5 Å². The van der Waals surface area contributed by atoms with Crippen molar-refractivity contribution in [2.45, 2.75) is 25.4 Å². The topological polar surface area (TPSA) is 44.8 Å². The summed E-state index contributed by atoms with van der Waals surface area (Å²) in [7, 11) is -3.93. The van der Waals surface area contributed by atoms with Gasteiger partial charge in [-0.3, -0.25) is 13.6 Å². The molecule has 0 unspecified atom stereocenters. The van der Waals surface area contributed by atoms with Gasteiger partial charge in [-0.2, -0.15) is 0 Å². The van der Waals surface area contributed by atoms with Gasteiger partial charge in [0.2, 0.25) is 0 Å². The molecule has 0 N–H and O–H groups in total. The lowest BCUT2D eigenvalue weighted by atomic mass is 10.0. The summed E-state index contributed by atoms with van der Waals surface area (Å²) < 4.78 is 28.2. The number of rotatable bonds is 11. The Hall–Kier alpha value is -1.23. The first-order chi connectivity index (χ1) is 12.2. The Morgan fingerprint density at radius 3 is 1.76 bits per heavy atom. The first-order valence-corrected chi connectivity index (χ1v) is 12.1. The van der Waals surface area contributed by atoms with Crippen molar-refractivity contribution < 1.29 is 18.1 Å². The van der Waals surface area contributed by atoms with Gasteiger partial charge in [-0.15, -0.1) is 0 Å². The van der Waals surface area contributed by atoms with Gasteiger partial charge in [0.1, 0.15) is 0 Å². The predicted molar refractivity (Wildman–Crippen MR) is 105 cm³/mol. The SMILES string of the molecule is CCOP(=O)(OCC)OCC[SiH2]C(c1ccccc1)c1ccccc1. The fourth-order valence-corrected chi connectivity index (χ4v) is 6.17. The summed E-state index contributed by atoms with van der Waals surface area (Å²) >= 11 is 0. The standard InChI is InChI=1S/C19H27O4PSi/c1-3-21-24(20,22-4-2)23-15-16-25-19(17-11-7-5-8-12-17)18-13-9-6-10-14-18/h5-14,19H,3-4,15-16,25H2,1-2H3. The van der Waals surface area contributed by atoms with E-state index in [4.69, 9.17) is 13.6 Å². The normalized spacial score (nSPS) is 12.3. The zero-order valence-corrected chi connectivity index (χ0v) is 17.3. The molecule has 0 bridgehead atoms. The van der Waals surface area contributed by atoms with Gasteiger partial charge in [-0.05, 0) is 36.6 Å². The van der Waals surface area contributed by atoms with E-state index < -0.39 is 17.3 Å². The van der Waals surface area contributed by atoms with Crippen molar-refractivity contribution in [3.63, 3.8) is 0 Å². The van der Waals surface area contributed by atoms with E-state index in [1.807, 2.05) is 12.1 Å². The van der Waals surface area contributed by atoms with Crippen LogP contribution in [0.15, 0.2) is 60.7 Å². The van der Waals surface area contributed by atoms with Gasteiger partial charge < -0.3 is 0 Å². The van der Waals surface area contributed by atoms with Crippen molar-refractivity contribution in [2.75, 3.05) is 19.8 Å². The molecule has 4 nitrogen and oxygen atoms in total. The number of phosphoric acid groups is 1. The molecule has 0 aliphatic rings. The molecule has 136 valence electrons. The van der Waals surface area contributed by atoms with Crippen LogP contribution in [0.4, 0.5) is 0 Å². The maximum absolute atomic E-state index is 12.3. The largest absolute Gasteiger partial charge is 0.474 e. The third kappa shape index (κ3) is 6.53. The molecule has 0 heterocycles. The maximum atomic E-state index is 12.3. The Labute approximate surface area is 153 Å². The van der Waals surface area contributed by atoms with Gasteiger partial charge in [0.15, 0.2) is 0 Å². The van der Waals surface area contributed by atoms with E-state index >= 15 is 0 Å². The molecular weight excluding hydrogens is 351 g/mol. The van der Waals surface area contributed by atoms with Gasteiger partial charge in [-0.25, -0.2) is 4.57 Å². The highest BCUT2D eigenvalue weighted by molar-refractivity contribution is 7.48. The first-order valence-electron chi connectivity index (χ1n) is 8.82. The molecule has 0 aliphatic heterocycles. The third-order valence-corrected chi connectivity index (χ3v) is 7.73. The Morgan fingerprint density at radius 1 is 0.840 bits per heavy atom. The molecule has 0 aromatic heterocycles. The predicted octanol–water partition coefficient (Wildman–Crippen LogP) is 4.56. The summed E-state index contributed by atoms with van der Waals surface area (Å²) in [6.07, 6.45) is 0. The minimum absolute atomic E-state index is 0.311. The molecule has 0 amide bonds. The fourth-order valence-electron chi connectivity index (χ4n) is 2.79. The number of phosphoric ester groups is 1. The van der Waals surface area contributed by atoms with E-state index in [0.717, 1.165) is 6.04 Å². The molecule has 6 heteroatoms. The highest BCUT2D eigenvalue weighted by Gasteiger charge is 2.25. The smallest absolute Gasteiger partial charge is 0.287 e. The summed E-state index contributed by atoms with van der Waals surface area (Å²) in [6, 6.07) is 22.0. The summed E-state index contributed by atoms with van der Waals surface area (Å²) in [5.74, 6) is 0. The molecule has 0 saturated carbocycles. The van der Waals surface area contributed by atoms with Crippen LogP contribution in [0.1, 0.15) is 30.5 Å². The number of hydrogen-bond donors (Lipinski definition) is 0. The van der Waals surface area contributed by atoms with Crippen molar-refractivity contribution in [2.24, 2.45) is 0 Å². The Kier molecular flexibility index (Phi) is 8.59. The summed E-state index contributed by atoms with van der Waals surface area (Å²) in [5, 5.41) is 0. The van der Waals surface area contributed by atoms with Gasteiger partial charge in [0, 0.05) is 9.52 Å². The second kappa shape index (κ2) is 10.7. The van der Waals surface area contributed by atoms with E-state index in [9.17, 15) is 4.57 Å². The lowest BCUT2D eigenvalue weighted by molar-refractivity contribution is 0.126. The van der Waals surface area contributed by atoms with E-state index in [-0.39, 0.29) is 0 Å². The Bertz CT molecular complexity index is 601. The van der Waals surface area contributed by atoms with E-state index in [1.54, 1.807) is 13.8 Å².